The van der Waals surface area contributed by atoms with Gasteiger partial charge in [0.15, 0.2) is 0 Å². The highest BCUT2D eigenvalue weighted by Crippen LogP contribution is 2.47. The zero-order chi connectivity index (χ0) is 13.4. The smallest absolute Gasteiger partial charge is 0.310 e. The standard InChI is InChI=1S/C15H21N3O/c1-3-6-16-14(11-7-9(11)2)10-4-5-12-13(8-10)18-15(19)17-12/h4-5,8-9,11,14,16H,3,6-7H2,1-2H3,(H2,17,18,19). The lowest BCUT2D eigenvalue weighted by molar-refractivity contribution is 0.463. The van der Waals surface area contributed by atoms with Crippen molar-refractivity contribution in [2.24, 2.45) is 11.8 Å². The summed E-state index contributed by atoms with van der Waals surface area (Å²) in [6.45, 7) is 5.53. The highest BCUT2D eigenvalue weighted by Gasteiger charge is 2.39. The van der Waals surface area contributed by atoms with E-state index in [-0.39, 0.29) is 5.69 Å². The maximum absolute atomic E-state index is 11.3. The van der Waals surface area contributed by atoms with E-state index in [9.17, 15) is 4.79 Å². The number of rotatable bonds is 5. The van der Waals surface area contributed by atoms with Crippen LogP contribution in [0.25, 0.3) is 11.0 Å². The van der Waals surface area contributed by atoms with Gasteiger partial charge in [-0.1, -0.05) is 19.9 Å². The van der Waals surface area contributed by atoms with Crippen molar-refractivity contribution in [1.82, 2.24) is 15.3 Å². The van der Waals surface area contributed by atoms with Crippen molar-refractivity contribution in [2.75, 3.05) is 6.54 Å². The van der Waals surface area contributed by atoms with Gasteiger partial charge in [-0.15, -0.1) is 0 Å². The van der Waals surface area contributed by atoms with Gasteiger partial charge < -0.3 is 15.3 Å². The van der Waals surface area contributed by atoms with E-state index in [1.165, 1.54) is 12.0 Å². The summed E-state index contributed by atoms with van der Waals surface area (Å²) in [6.07, 6.45) is 2.43. The Labute approximate surface area is 112 Å². The molecule has 1 aliphatic carbocycles. The van der Waals surface area contributed by atoms with Crippen molar-refractivity contribution in [2.45, 2.75) is 32.7 Å². The predicted molar refractivity (Wildman–Crippen MR) is 77.2 cm³/mol. The summed E-state index contributed by atoms with van der Waals surface area (Å²) in [4.78, 5) is 16.9. The average molecular weight is 259 g/mol. The minimum atomic E-state index is -0.134. The van der Waals surface area contributed by atoms with Gasteiger partial charge in [-0.3, -0.25) is 0 Å². The quantitative estimate of drug-likeness (QED) is 0.772. The molecule has 102 valence electrons. The number of hydrogen-bond donors (Lipinski definition) is 3. The van der Waals surface area contributed by atoms with Crippen LogP contribution in [0.1, 0.15) is 38.3 Å². The van der Waals surface area contributed by atoms with Crippen molar-refractivity contribution < 1.29 is 0 Å². The highest BCUT2D eigenvalue weighted by molar-refractivity contribution is 5.75. The largest absolute Gasteiger partial charge is 0.323 e. The van der Waals surface area contributed by atoms with Crippen LogP contribution in [0.3, 0.4) is 0 Å². The number of aromatic amines is 2. The summed E-state index contributed by atoms with van der Waals surface area (Å²) in [7, 11) is 0. The van der Waals surface area contributed by atoms with Crippen molar-refractivity contribution >= 4 is 11.0 Å². The lowest BCUT2D eigenvalue weighted by atomic mass is 10.0. The van der Waals surface area contributed by atoms with E-state index < -0.39 is 0 Å². The van der Waals surface area contributed by atoms with Crippen LogP contribution in [0.15, 0.2) is 23.0 Å². The van der Waals surface area contributed by atoms with Crippen LogP contribution in [-0.2, 0) is 0 Å². The van der Waals surface area contributed by atoms with Crippen molar-refractivity contribution in [1.29, 1.82) is 0 Å². The Balaban J connectivity index is 1.92. The van der Waals surface area contributed by atoms with Crippen molar-refractivity contribution in [3.63, 3.8) is 0 Å². The Morgan fingerprint density at radius 3 is 2.79 bits per heavy atom. The minimum Gasteiger partial charge on any atom is -0.310 e. The molecule has 1 aliphatic rings. The van der Waals surface area contributed by atoms with Gasteiger partial charge in [0, 0.05) is 6.04 Å². The van der Waals surface area contributed by atoms with E-state index >= 15 is 0 Å². The van der Waals surface area contributed by atoms with E-state index in [1.807, 2.05) is 6.07 Å². The van der Waals surface area contributed by atoms with E-state index in [0.717, 1.165) is 35.8 Å². The molecule has 1 aromatic heterocycles. The Morgan fingerprint density at radius 2 is 2.11 bits per heavy atom. The third-order valence-electron chi connectivity index (χ3n) is 4.11. The molecule has 3 unspecified atom stereocenters. The van der Waals surface area contributed by atoms with Crippen LogP contribution in [0.5, 0.6) is 0 Å². The first-order valence-electron chi connectivity index (χ1n) is 7.14. The lowest BCUT2D eigenvalue weighted by Crippen LogP contribution is -2.24. The molecule has 0 saturated heterocycles. The maximum Gasteiger partial charge on any atom is 0.323 e. The Hall–Kier alpha value is -1.55. The maximum atomic E-state index is 11.3. The van der Waals surface area contributed by atoms with Gasteiger partial charge in [0.05, 0.1) is 11.0 Å². The molecule has 3 N–H and O–H groups in total. The number of benzene rings is 1. The average Bonchev–Trinajstić information content (AvgIpc) is 2.97. The Bertz CT molecular complexity index is 628. The molecule has 0 bridgehead atoms. The van der Waals surface area contributed by atoms with Gasteiger partial charge in [-0.05, 0) is 48.9 Å². The van der Waals surface area contributed by atoms with Gasteiger partial charge in [0.1, 0.15) is 0 Å². The molecule has 1 aromatic carbocycles. The fourth-order valence-electron chi connectivity index (χ4n) is 2.88. The number of imidazole rings is 1. The number of fused-ring (bicyclic) bond motifs is 1. The van der Waals surface area contributed by atoms with Crippen LogP contribution in [0, 0.1) is 11.8 Å². The fourth-order valence-corrected chi connectivity index (χ4v) is 2.88. The first-order valence-corrected chi connectivity index (χ1v) is 7.14. The van der Waals surface area contributed by atoms with Crippen molar-refractivity contribution in [3.05, 3.63) is 34.2 Å². The van der Waals surface area contributed by atoms with Crippen LogP contribution in [0.2, 0.25) is 0 Å². The third kappa shape index (κ3) is 2.45. The summed E-state index contributed by atoms with van der Waals surface area (Å²) in [6, 6.07) is 6.64. The summed E-state index contributed by atoms with van der Waals surface area (Å²) >= 11 is 0. The summed E-state index contributed by atoms with van der Waals surface area (Å²) < 4.78 is 0. The fraction of sp³-hybridized carbons (Fsp3) is 0.533. The first kappa shape index (κ1) is 12.5. The Kier molecular flexibility index (Phi) is 3.19. The molecule has 1 fully saturated rings. The molecule has 0 radical (unpaired) electrons. The normalized spacial score (nSPS) is 23.7. The lowest BCUT2D eigenvalue weighted by Gasteiger charge is -2.19. The SMILES string of the molecule is CCCNC(c1ccc2[nH]c(=O)[nH]c2c1)C1CC1C. The molecule has 0 amide bonds. The molecule has 19 heavy (non-hydrogen) atoms. The number of aromatic nitrogens is 2. The molecule has 4 nitrogen and oxygen atoms in total. The van der Waals surface area contributed by atoms with Gasteiger partial charge in [0.25, 0.3) is 0 Å². The molecule has 0 spiro atoms. The van der Waals surface area contributed by atoms with Gasteiger partial charge in [-0.25, -0.2) is 4.79 Å². The molecular weight excluding hydrogens is 238 g/mol. The number of hydrogen-bond acceptors (Lipinski definition) is 2. The molecule has 3 rings (SSSR count). The predicted octanol–water partition coefficient (Wildman–Crippen LogP) is 2.55. The second-order valence-electron chi connectivity index (χ2n) is 5.69. The molecule has 1 saturated carbocycles. The van der Waals surface area contributed by atoms with Gasteiger partial charge in [-0.2, -0.15) is 0 Å². The summed E-state index contributed by atoms with van der Waals surface area (Å²) in [5.41, 5.74) is 2.93. The topological polar surface area (TPSA) is 60.7 Å². The van der Waals surface area contributed by atoms with E-state index in [1.54, 1.807) is 0 Å². The molecule has 3 atom stereocenters. The molecule has 0 aliphatic heterocycles. The number of H-pyrrole nitrogens is 2. The van der Waals surface area contributed by atoms with Crippen LogP contribution in [0.4, 0.5) is 0 Å². The second kappa shape index (κ2) is 4.85. The second-order valence-corrected chi connectivity index (χ2v) is 5.69. The summed E-state index contributed by atoms with van der Waals surface area (Å²) in [5, 5.41) is 3.65. The highest BCUT2D eigenvalue weighted by atomic mass is 16.1. The zero-order valence-corrected chi connectivity index (χ0v) is 11.5. The van der Waals surface area contributed by atoms with E-state index in [2.05, 4.69) is 41.3 Å². The molecule has 1 heterocycles. The first-order chi connectivity index (χ1) is 9.19. The Morgan fingerprint density at radius 1 is 1.37 bits per heavy atom. The van der Waals surface area contributed by atoms with Gasteiger partial charge in [0.2, 0.25) is 0 Å². The molecule has 4 heteroatoms. The van der Waals surface area contributed by atoms with Crippen LogP contribution < -0.4 is 11.0 Å². The molecular formula is C15H21N3O. The third-order valence-corrected chi connectivity index (χ3v) is 4.11. The van der Waals surface area contributed by atoms with Gasteiger partial charge >= 0.3 is 5.69 Å². The minimum absolute atomic E-state index is 0.134. The van der Waals surface area contributed by atoms with Crippen LogP contribution >= 0.6 is 0 Å². The van der Waals surface area contributed by atoms with E-state index in [4.69, 9.17) is 0 Å². The molecule has 2 aromatic rings. The van der Waals surface area contributed by atoms with Crippen LogP contribution in [-0.4, -0.2) is 16.5 Å². The van der Waals surface area contributed by atoms with Crippen molar-refractivity contribution in [3.8, 4) is 0 Å². The summed E-state index contributed by atoms with van der Waals surface area (Å²) in [5.74, 6) is 1.53. The zero-order valence-electron chi connectivity index (χ0n) is 11.5. The number of nitrogens with one attached hydrogen (secondary N) is 3. The van der Waals surface area contributed by atoms with E-state index in [0.29, 0.717) is 6.04 Å². The monoisotopic (exact) mass is 259 g/mol.